The average molecular weight is 320 g/mol. The molecule has 0 aliphatic rings. The van der Waals surface area contributed by atoms with E-state index in [-0.39, 0.29) is 18.2 Å². The van der Waals surface area contributed by atoms with Gasteiger partial charge in [0.1, 0.15) is 0 Å². The molecule has 0 amide bonds. The molecule has 1 aromatic rings. The van der Waals surface area contributed by atoms with Crippen LogP contribution in [-0.4, -0.2) is 24.2 Å². The van der Waals surface area contributed by atoms with Gasteiger partial charge in [-0.2, -0.15) is 0 Å². The van der Waals surface area contributed by atoms with E-state index in [1.54, 1.807) is 25.1 Å². The number of ether oxygens (including phenoxy) is 1. The summed E-state index contributed by atoms with van der Waals surface area (Å²) in [5.41, 5.74) is 1.07. The number of benzene rings is 1. The largest absolute Gasteiger partial charge is 0.469 e. The van der Waals surface area contributed by atoms with Gasteiger partial charge in [0, 0.05) is 10.0 Å². The molecular weight excluding hydrogens is 307 g/mol. The van der Waals surface area contributed by atoms with Crippen molar-refractivity contribution in [3.8, 4) is 0 Å². The molecule has 0 aliphatic heterocycles. The highest BCUT2D eigenvalue weighted by molar-refractivity contribution is 9.10. The predicted molar refractivity (Wildman–Crippen MR) is 69.5 cm³/mol. The smallest absolute Gasteiger partial charge is 0.310 e. The van der Waals surface area contributed by atoms with Crippen molar-refractivity contribution in [3.05, 3.63) is 33.8 Å². The maximum Gasteiger partial charge on any atom is 0.310 e. The van der Waals surface area contributed by atoms with Crippen LogP contribution in [0.25, 0.3) is 0 Å². The van der Waals surface area contributed by atoms with Crippen LogP contribution in [0.15, 0.2) is 22.7 Å². The lowest BCUT2D eigenvalue weighted by molar-refractivity contribution is -0.139. The summed E-state index contributed by atoms with van der Waals surface area (Å²) in [6.07, 6.45) is 0.0640. The summed E-state index contributed by atoms with van der Waals surface area (Å²) >= 11 is 9.06. The van der Waals surface area contributed by atoms with E-state index in [1.807, 2.05) is 0 Å². The average Bonchev–Trinajstić information content (AvgIpc) is 2.30. The van der Waals surface area contributed by atoms with Crippen LogP contribution in [0.3, 0.4) is 0 Å². The molecule has 0 aliphatic carbocycles. The van der Waals surface area contributed by atoms with E-state index in [9.17, 15) is 9.59 Å². The van der Waals surface area contributed by atoms with E-state index in [2.05, 4.69) is 20.7 Å². The second-order valence-electron chi connectivity index (χ2n) is 3.53. The Hall–Kier alpha value is -0.870. The van der Waals surface area contributed by atoms with Gasteiger partial charge in [0.25, 0.3) is 0 Å². The minimum Gasteiger partial charge on any atom is -0.469 e. The molecule has 17 heavy (non-hydrogen) atoms. The Labute approximate surface area is 113 Å². The van der Waals surface area contributed by atoms with Crippen LogP contribution in [-0.2, 0) is 16.0 Å². The molecule has 3 nitrogen and oxygen atoms in total. The lowest BCUT2D eigenvalue weighted by atomic mass is 9.99. The van der Waals surface area contributed by atoms with Gasteiger partial charge >= 0.3 is 5.97 Å². The third-order valence-corrected chi connectivity index (χ3v) is 2.95. The Morgan fingerprint density at radius 2 is 2.12 bits per heavy atom. The van der Waals surface area contributed by atoms with Crippen molar-refractivity contribution >= 4 is 39.3 Å². The zero-order valence-corrected chi connectivity index (χ0v) is 11.8. The molecule has 0 saturated carbocycles. The van der Waals surface area contributed by atoms with E-state index < -0.39 is 5.38 Å². The number of ketones is 1. The zero-order chi connectivity index (χ0) is 13.0. The summed E-state index contributed by atoms with van der Waals surface area (Å²) in [6.45, 7) is 1.60. The summed E-state index contributed by atoms with van der Waals surface area (Å²) in [5, 5.41) is -0.624. The molecule has 92 valence electrons. The minimum absolute atomic E-state index is 0.0640. The van der Waals surface area contributed by atoms with E-state index >= 15 is 0 Å². The van der Waals surface area contributed by atoms with E-state index in [0.717, 1.165) is 4.47 Å². The Kier molecular flexibility index (Phi) is 5.15. The zero-order valence-electron chi connectivity index (χ0n) is 9.50. The van der Waals surface area contributed by atoms with Gasteiger partial charge in [-0.05, 0) is 24.6 Å². The summed E-state index contributed by atoms with van der Waals surface area (Å²) in [4.78, 5) is 23.1. The summed E-state index contributed by atoms with van der Waals surface area (Å²) in [5.74, 6) is -0.588. The number of hydrogen-bond acceptors (Lipinski definition) is 3. The lowest BCUT2D eigenvalue weighted by Gasteiger charge is -2.09. The summed E-state index contributed by atoms with van der Waals surface area (Å²) in [6, 6.07) is 5.15. The Morgan fingerprint density at radius 3 is 2.65 bits per heavy atom. The van der Waals surface area contributed by atoms with Crippen LogP contribution in [0, 0.1) is 0 Å². The fourth-order valence-electron chi connectivity index (χ4n) is 1.37. The highest BCUT2D eigenvalue weighted by Crippen LogP contribution is 2.20. The van der Waals surface area contributed by atoms with Crippen LogP contribution in [0.1, 0.15) is 22.8 Å². The van der Waals surface area contributed by atoms with Crippen molar-refractivity contribution in [2.24, 2.45) is 0 Å². The second-order valence-corrected chi connectivity index (χ2v) is 5.10. The first-order chi connectivity index (χ1) is 7.95. The third kappa shape index (κ3) is 3.82. The van der Waals surface area contributed by atoms with Crippen LogP contribution in [0.4, 0.5) is 0 Å². The SMILES string of the molecule is COC(=O)Cc1ccc(Br)cc1C(=O)C(C)Cl. The van der Waals surface area contributed by atoms with Crippen molar-refractivity contribution in [2.75, 3.05) is 7.11 Å². The number of methoxy groups -OCH3 is 1. The number of carbonyl (C=O) groups is 2. The molecule has 1 atom stereocenters. The molecular formula is C12H12BrClO3. The van der Waals surface area contributed by atoms with Crippen LogP contribution >= 0.6 is 27.5 Å². The number of Topliss-reactive ketones (excluding diaryl/α,β-unsaturated/α-hetero) is 1. The molecule has 1 unspecified atom stereocenters. The lowest BCUT2D eigenvalue weighted by Crippen LogP contribution is -2.15. The minimum atomic E-state index is -0.624. The van der Waals surface area contributed by atoms with Gasteiger partial charge in [-0.25, -0.2) is 0 Å². The Balaban J connectivity index is 3.12. The third-order valence-electron chi connectivity index (χ3n) is 2.26. The van der Waals surface area contributed by atoms with Gasteiger partial charge in [0.05, 0.1) is 18.9 Å². The van der Waals surface area contributed by atoms with Gasteiger partial charge in [-0.15, -0.1) is 11.6 Å². The van der Waals surface area contributed by atoms with E-state index in [0.29, 0.717) is 11.1 Å². The maximum atomic E-state index is 11.9. The fraction of sp³-hybridized carbons (Fsp3) is 0.333. The van der Waals surface area contributed by atoms with E-state index in [1.165, 1.54) is 7.11 Å². The summed E-state index contributed by atoms with van der Waals surface area (Å²) in [7, 11) is 1.31. The molecule has 0 heterocycles. The standard InChI is InChI=1S/C12H12BrClO3/c1-7(14)12(16)10-6-9(13)4-3-8(10)5-11(15)17-2/h3-4,6-7H,5H2,1-2H3. The molecule has 0 saturated heterocycles. The fourth-order valence-corrected chi connectivity index (χ4v) is 1.85. The first-order valence-electron chi connectivity index (χ1n) is 4.99. The van der Waals surface area contributed by atoms with Crippen LogP contribution in [0.2, 0.25) is 0 Å². The molecule has 1 rings (SSSR count). The quantitative estimate of drug-likeness (QED) is 0.487. The van der Waals surface area contributed by atoms with E-state index in [4.69, 9.17) is 11.6 Å². The van der Waals surface area contributed by atoms with Crippen molar-refractivity contribution < 1.29 is 14.3 Å². The highest BCUT2D eigenvalue weighted by atomic mass is 79.9. The Morgan fingerprint density at radius 1 is 1.47 bits per heavy atom. The Bertz CT molecular complexity index is 443. The van der Waals surface area contributed by atoms with Gasteiger partial charge < -0.3 is 4.74 Å². The molecule has 0 spiro atoms. The number of carbonyl (C=O) groups excluding carboxylic acids is 2. The van der Waals surface area contributed by atoms with Crippen molar-refractivity contribution in [1.29, 1.82) is 0 Å². The van der Waals surface area contributed by atoms with Gasteiger partial charge in [0.2, 0.25) is 0 Å². The monoisotopic (exact) mass is 318 g/mol. The van der Waals surface area contributed by atoms with Crippen molar-refractivity contribution in [3.63, 3.8) is 0 Å². The molecule has 0 N–H and O–H groups in total. The van der Waals surface area contributed by atoms with Crippen molar-refractivity contribution in [2.45, 2.75) is 18.7 Å². The number of rotatable bonds is 4. The van der Waals surface area contributed by atoms with Crippen LogP contribution < -0.4 is 0 Å². The molecule has 0 aromatic heterocycles. The number of alkyl halides is 1. The van der Waals surface area contributed by atoms with Crippen molar-refractivity contribution in [1.82, 2.24) is 0 Å². The first-order valence-corrected chi connectivity index (χ1v) is 6.22. The normalized spacial score (nSPS) is 12.0. The summed E-state index contributed by atoms with van der Waals surface area (Å²) < 4.78 is 5.35. The topological polar surface area (TPSA) is 43.4 Å². The van der Waals surface area contributed by atoms with Gasteiger partial charge in [0.15, 0.2) is 5.78 Å². The number of esters is 1. The van der Waals surface area contributed by atoms with Crippen LogP contribution in [0.5, 0.6) is 0 Å². The van der Waals surface area contributed by atoms with Gasteiger partial charge in [-0.3, -0.25) is 9.59 Å². The first kappa shape index (κ1) is 14.2. The van der Waals surface area contributed by atoms with Gasteiger partial charge in [-0.1, -0.05) is 22.0 Å². The highest BCUT2D eigenvalue weighted by Gasteiger charge is 2.18. The molecule has 5 heteroatoms. The molecule has 0 fully saturated rings. The number of halogens is 2. The maximum absolute atomic E-state index is 11.9. The second kappa shape index (κ2) is 6.17. The molecule has 1 aromatic carbocycles. The predicted octanol–water partition coefficient (Wildman–Crippen LogP) is 2.97. The molecule has 0 radical (unpaired) electrons. The number of hydrogen-bond donors (Lipinski definition) is 0. The molecule has 0 bridgehead atoms.